The number of amidine groups is 1. The molecule has 1 heterocycles. The van der Waals surface area contributed by atoms with Crippen molar-refractivity contribution in [3.05, 3.63) is 59.2 Å². The number of ether oxygens (including phenoxy) is 1. The molecular formula is C25H28N4O2S. The van der Waals surface area contributed by atoms with Crippen LogP contribution in [0.2, 0.25) is 0 Å². The van der Waals surface area contributed by atoms with Crippen molar-refractivity contribution in [1.29, 1.82) is 5.26 Å². The van der Waals surface area contributed by atoms with E-state index in [0.29, 0.717) is 16.5 Å². The quantitative estimate of drug-likeness (QED) is 0.533. The molecule has 7 heteroatoms. The Balaban J connectivity index is 2.18. The van der Waals surface area contributed by atoms with Crippen molar-refractivity contribution in [2.24, 2.45) is 4.99 Å². The number of aryl methyl sites for hydroxylation is 2. The number of benzene rings is 2. The molecule has 0 saturated carbocycles. The summed E-state index contributed by atoms with van der Waals surface area (Å²) in [6.07, 6.45) is -0.676. The highest BCUT2D eigenvalue weighted by molar-refractivity contribution is 7.81. The lowest BCUT2D eigenvalue weighted by molar-refractivity contribution is 0.0603. The van der Waals surface area contributed by atoms with Gasteiger partial charge >= 0.3 is 6.09 Å². The first-order valence-electron chi connectivity index (χ1n) is 10.4. The van der Waals surface area contributed by atoms with Crippen molar-refractivity contribution < 1.29 is 9.53 Å². The fourth-order valence-corrected chi connectivity index (χ4v) is 4.16. The molecule has 2 aromatic rings. The van der Waals surface area contributed by atoms with E-state index in [9.17, 15) is 10.1 Å². The third-order valence-electron chi connectivity index (χ3n) is 5.17. The lowest BCUT2D eigenvalue weighted by Gasteiger charge is -2.31. The SMILES string of the molecule is Cc1ccc(N2C(=S)N(c3ccc(C#N)c(C)c3)C(=NC(=O)OC(C)(C)C)C2(C)C)cc1. The Hall–Kier alpha value is -3.24. The van der Waals surface area contributed by atoms with E-state index in [1.165, 1.54) is 0 Å². The molecule has 0 aliphatic carbocycles. The van der Waals surface area contributed by atoms with Gasteiger partial charge in [0.1, 0.15) is 17.0 Å². The number of rotatable bonds is 2. The lowest BCUT2D eigenvalue weighted by atomic mass is 10.0. The molecule has 0 aromatic heterocycles. The van der Waals surface area contributed by atoms with Crippen molar-refractivity contribution in [3.63, 3.8) is 0 Å². The third kappa shape index (κ3) is 4.51. The van der Waals surface area contributed by atoms with Crippen molar-refractivity contribution in [2.75, 3.05) is 9.80 Å². The molecule has 0 bridgehead atoms. The number of hydrogen-bond donors (Lipinski definition) is 0. The molecule has 1 amide bonds. The molecule has 0 atom stereocenters. The van der Waals surface area contributed by atoms with Crippen LogP contribution in [-0.2, 0) is 4.74 Å². The van der Waals surface area contributed by atoms with Gasteiger partial charge in [-0.3, -0.25) is 4.90 Å². The summed E-state index contributed by atoms with van der Waals surface area (Å²) in [6, 6.07) is 15.7. The van der Waals surface area contributed by atoms with Gasteiger partial charge in [-0.25, -0.2) is 4.79 Å². The molecule has 0 radical (unpaired) electrons. The minimum atomic E-state index is -0.731. The highest BCUT2D eigenvalue weighted by atomic mass is 32.1. The number of carbonyl (C=O) groups excluding carboxylic acids is 1. The summed E-state index contributed by atoms with van der Waals surface area (Å²) in [5.74, 6) is 0.460. The fourth-order valence-electron chi connectivity index (χ4n) is 3.63. The largest absolute Gasteiger partial charge is 0.442 e. The second-order valence-electron chi connectivity index (χ2n) is 9.37. The van der Waals surface area contributed by atoms with Crippen LogP contribution in [0.1, 0.15) is 51.3 Å². The van der Waals surface area contributed by atoms with E-state index in [1.807, 2.05) is 69.0 Å². The van der Waals surface area contributed by atoms with Crippen molar-refractivity contribution in [3.8, 4) is 6.07 Å². The van der Waals surface area contributed by atoms with Crippen molar-refractivity contribution in [1.82, 2.24) is 0 Å². The van der Waals surface area contributed by atoms with Crippen LogP contribution >= 0.6 is 12.2 Å². The monoisotopic (exact) mass is 448 g/mol. The molecule has 32 heavy (non-hydrogen) atoms. The van der Waals surface area contributed by atoms with Crippen LogP contribution in [0.5, 0.6) is 0 Å². The zero-order valence-electron chi connectivity index (χ0n) is 19.6. The molecule has 3 rings (SSSR count). The number of thiocarbonyl (C=S) groups is 1. The maximum Gasteiger partial charge on any atom is 0.435 e. The lowest BCUT2D eigenvalue weighted by Crippen LogP contribution is -2.45. The summed E-state index contributed by atoms with van der Waals surface area (Å²) in [5, 5.41) is 9.81. The molecule has 166 valence electrons. The van der Waals surface area contributed by atoms with Crippen LogP contribution in [0.4, 0.5) is 16.2 Å². The van der Waals surface area contributed by atoms with Crippen LogP contribution in [0, 0.1) is 25.2 Å². The standard InChI is InChI=1S/C25H28N4O2S/c1-16-8-11-19(12-9-16)29-23(32)28(20-13-10-18(15-26)17(2)14-20)21(25(29,6)7)27-22(30)31-24(3,4)5/h8-14H,1-7H3. The molecule has 0 spiro atoms. The van der Waals surface area contributed by atoms with E-state index in [4.69, 9.17) is 17.0 Å². The molecule has 1 aliphatic heterocycles. The van der Waals surface area contributed by atoms with E-state index in [0.717, 1.165) is 22.5 Å². The second-order valence-corrected chi connectivity index (χ2v) is 9.74. The van der Waals surface area contributed by atoms with Gasteiger partial charge in [0.05, 0.1) is 11.6 Å². The number of nitriles is 1. The third-order valence-corrected chi connectivity index (χ3v) is 5.54. The van der Waals surface area contributed by atoms with Crippen LogP contribution in [-0.4, -0.2) is 28.2 Å². The van der Waals surface area contributed by atoms with E-state index < -0.39 is 17.2 Å². The number of nitrogens with zero attached hydrogens (tertiary/aromatic N) is 4. The van der Waals surface area contributed by atoms with E-state index in [2.05, 4.69) is 11.1 Å². The van der Waals surface area contributed by atoms with E-state index in [-0.39, 0.29) is 0 Å². The van der Waals surface area contributed by atoms with Crippen LogP contribution < -0.4 is 9.80 Å². The Labute approximate surface area is 195 Å². The molecule has 1 saturated heterocycles. The zero-order valence-corrected chi connectivity index (χ0v) is 20.4. The zero-order chi connectivity index (χ0) is 23.8. The number of aliphatic imine (C=N–C) groups is 1. The predicted octanol–water partition coefficient (Wildman–Crippen LogP) is 5.90. The first-order chi connectivity index (χ1) is 14.8. The van der Waals surface area contributed by atoms with Crippen LogP contribution in [0.3, 0.4) is 0 Å². The molecule has 0 unspecified atom stereocenters. The maximum absolute atomic E-state index is 12.7. The Morgan fingerprint density at radius 1 is 1.09 bits per heavy atom. The second kappa shape index (κ2) is 8.36. The first kappa shape index (κ1) is 23.4. The van der Waals surface area contributed by atoms with Gasteiger partial charge in [-0.15, -0.1) is 0 Å². The fraction of sp³-hybridized carbons (Fsp3) is 0.360. The van der Waals surface area contributed by atoms with Gasteiger partial charge < -0.3 is 9.64 Å². The van der Waals surface area contributed by atoms with Gasteiger partial charge in [0.2, 0.25) is 0 Å². The maximum atomic E-state index is 12.7. The normalized spacial score (nSPS) is 16.9. The first-order valence-corrected chi connectivity index (χ1v) is 10.8. The summed E-state index contributed by atoms with van der Waals surface area (Å²) in [4.78, 5) is 20.8. The highest BCUT2D eigenvalue weighted by Gasteiger charge is 2.49. The number of anilines is 2. The summed E-state index contributed by atoms with van der Waals surface area (Å²) in [7, 11) is 0. The Morgan fingerprint density at radius 3 is 2.22 bits per heavy atom. The molecule has 1 aliphatic rings. The van der Waals surface area contributed by atoms with Gasteiger partial charge in [-0.1, -0.05) is 17.7 Å². The van der Waals surface area contributed by atoms with Gasteiger partial charge in [-0.05, 0) is 96.6 Å². The molecule has 2 aromatic carbocycles. The summed E-state index contributed by atoms with van der Waals surface area (Å²) in [6.45, 7) is 13.2. The smallest absolute Gasteiger partial charge is 0.435 e. The van der Waals surface area contributed by atoms with Gasteiger partial charge in [0, 0.05) is 11.4 Å². The van der Waals surface area contributed by atoms with E-state index >= 15 is 0 Å². The van der Waals surface area contributed by atoms with Crippen molar-refractivity contribution >= 4 is 40.6 Å². The van der Waals surface area contributed by atoms with Gasteiger partial charge in [-0.2, -0.15) is 10.3 Å². The Bertz CT molecular complexity index is 1140. The minimum Gasteiger partial charge on any atom is -0.442 e. The topological polar surface area (TPSA) is 68.9 Å². The molecule has 1 fully saturated rings. The average Bonchev–Trinajstić information content (AvgIpc) is 2.86. The van der Waals surface area contributed by atoms with Crippen LogP contribution in [0.15, 0.2) is 47.5 Å². The predicted molar refractivity (Wildman–Crippen MR) is 132 cm³/mol. The number of carbonyl (C=O) groups is 1. The molecular weight excluding hydrogens is 420 g/mol. The molecule has 0 N–H and O–H groups in total. The molecule has 6 nitrogen and oxygen atoms in total. The van der Waals surface area contributed by atoms with Gasteiger partial charge in [0.25, 0.3) is 0 Å². The summed E-state index contributed by atoms with van der Waals surface area (Å²) >= 11 is 5.91. The van der Waals surface area contributed by atoms with Crippen LogP contribution in [0.25, 0.3) is 0 Å². The number of hydrogen-bond acceptors (Lipinski definition) is 4. The minimum absolute atomic E-state index is 0.460. The van der Waals surface area contributed by atoms with E-state index in [1.54, 1.807) is 31.7 Å². The van der Waals surface area contributed by atoms with Crippen molar-refractivity contribution in [2.45, 2.75) is 59.6 Å². The average molecular weight is 449 g/mol. The van der Waals surface area contributed by atoms with Gasteiger partial charge in [0.15, 0.2) is 5.11 Å². The highest BCUT2D eigenvalue weighted by Crippen LogP contribution is 2.38. The number of amides is 1. The Morgan fingerprint density at radius 2 is 1.69 bits per heavy atom. The summed E-state index contributed by atoms with van der Waals surface area (Å²) in [5.41, 5.74) is 2.77. The summed E-state index contributed by atoms with van der Waals surface area (Å²) < 4.78 is 5.47. The Kier molecular flexibility index (Phi) is 6.12.